The molecule has 0 bridgehead atoms. The van der Waals surface area contributed by atoms with Gasteiger partial charge in [-0.1, -0.05) is 18.2 Å². The monoisotopic (exact) mass is 316 g/mol. The second kappa shape index (κ2) is 7.15. The molecule has 0 radical (unpaired) electrons. The van der Waals surface area contributed by atoms with Crippen molar-refractivity contribution in [1.29, 1.82) is 0 Å². The molecule has 0 aliphatic heterocycles. The largest absolute Gasteiger partial charge is 0.395 e. The standard InChI is InChI=1S/C18H24N2O3/c1-23-12-10-20-16-8-3-2-5-14(16)13-17(20)18(22)19(9-11-21)15-6-4-7-15/h2-3,5,8,13,15,21H,4,6-7,9-12H2,1H3. The zero-order valence-electron chi connectivity index (χ0n) is 13.6. The average Bonchev–Trinajstić information content (AvgIpc) is 2.88. The lowest BCUT2D eigenvalue weighted by atomic mass is 9.91. The van der Waals surface area contributed by atoms with Crippen molar-refractivity contribution in [2.75, 3.05) is 26.9 Å². The van der Waals surface area contributed by atoms with Crippen LogP contribution >= 0.6 is 0 Å². The topological polar surface area (TPSA) is 54.7 Å². The summed E-state index contributed by atoms with van der Waals surface area (Å²) >= 11 is 0. The summed E-state index contributed by atoms with van der Waals surface area (Å²) in [6, 6.07) is 10.2. The van der Waals surface area contributed by atoms with Crippen LogP contribution in [0.15, 0.2) is 30.3 Å². The molecule has 3 rings (SSSR count). The smallest absolute Gasteiger partial charge is 0.270 e. The summed E-state index contributed by atoms with van der Waals surface area (Å²) in [6.07, 6.45) is 3.22. The number of methoxy groups -OCH3 is 1. The fraction of sp³-hybridized carbons (Fsp3) is 0.500. The molecule has 23 heavy (non-hydrogen) atoms. The first kappa shape index (κ1) is 16.0. The molecule has 1 aromatic carbocycles. The van der Waals surface area contributed by atoms with Gasteiger partial charge in [-0.2, -0.15) is 0 Å². The number of aliphatic hydroxyl groups excluding tert-OH is 1. The summed E-state index contributed by atoms with van der Waals surface area (Å²) in [4.78, 5) is 14.9. The Kier molecular flexibility index (Phi) is 4.98. The Morgan fingerprint density at radius 2 is 2.17 bits per heavy atom. The lowest BCUT2D eigenvalue weighted by Gasteiger charge is -2.37. The van der Waals surface area contributed by atoms with Crippen molar-refractivity contribution in [3.63, 3.8) is 0 Å². The fourth-order valence-corrected chi connectivity index (χ4v) is 3.21. The van der Waals surface area contributed by atoms with Crippen molar-refractivity contribution in [2.45, 2.75) is 31.8 Å². The van der Waals surface area contributed by atoms with E-state index in [-0.39, 0.29) is 18.6 Å². The van der Waals surface area contributed by atoms with Gasteiger partial charge in [0.25, 0.3) is 5.91 Å². The highest BCUT2D eigenvalue weighted by atomic mass is 16.5. The van der Waals surface area contributed by atoms with Crippen molar-refractivity contribution in [3.05, 3.63) is 36.0 Å². The van der Waals surface area contributed by atoms with Gasteiger partial charge >= 0.3 is 0 Å². The second-order valence-corrected chi connectivity index (χ2v) is 6.04. The van der Waals surface area contributed by atoms with E-state index in [4.69, 9.17) is 4.74 Å². The minimum absolute atomic E-state index is 0.000535. The van der Waals surface area contributed by atoms with Crippen LogP contribution < -0.4 is 0 Å². The highest BCUT2D eigenvalue weighted by molar-refractivity contribution is 5.99. The number of fused-ring (bicyclic) bond motifs is 1. The average molecular weight is 316 g/mol. The molecule has 1 aliphatic rings. The third-order valence-electron chi connectivity index (χ3n) is 4.67. The molecule has 1 fully saturated rings. The minimum atomic E-state index is 0.000535. The van der Waals surface area contributed by atoms with Crippen LogP contribution in [0.2, 0.25) is 0 Å². The lowest BCUT2D eigenvalue weighted by Crippen LogP contribution is -2.46. The molecule has 5 heteroatoms. The number of amides is 1. The van der Waals surface area contributed by atoms with E-state index in [1.54, 1.807) is 7.11 Å². The summed E-state index contributed by atoms with van der Waals surface area (Å²) in [6.45, 7) is 1.60. The maximum absolute atomic E-state index is 13.1. The SMILES string of the molecule is COCCn1c(C(=O)N(CCO)C2CCC2)cc2ccccc21. The summed E-state index contributed by atoms with van der Waals surface area (Å²) in [7, 11) is 1.67. The van der Waals surface area contributed by atoms with Gasteiger partial charge in [0.2, 0.25) is 0 Å². The molecule has 0 saturated heterocycles. The minimum Gasteiger partial charge on any atom is -0.395 e. The molecule has 0 spiro atoms. The van der Waals surface area contributed by atoms with Crippen molar-refractivity contribution >= 4 is 16.8 Å². The summed E-state index contributed by atoms with van der Waals surface area (Å²) < 4.78 is 7.23. The Labute approximate surface area is 136 Å². The number of benzene rings is 1. The Morgan fingerprint density at radius 3 is 2.83 bits per heavy atom. The van der Waals surface area contributed by atoms with E-state index >= 15 is 0 Å². The highest BCUT2D eigenvalue weighted by Crippen LogP contribution is 2.28. The Hall–Kier alpha value is -1.85. The molecule has 1 aromatic heterocycles. The van der Waals surface area contributed by atoms with E-state index in [0.29, 0.717) is 25.4 Å². The highest BCUT2D eigenvalue weighted by Gasteiger charge is 2.30. The third-order valence-corrected chi connectivity index (χ3v) is 4.67. The van der Waals surface area contributed by atoms with E-state index in [9.17, 15) is 9.90 Å². The maximum Gasteiger partial charge on any atom is 0.270 e. The molecule has 1 amide bonds. The van der Waals surface area contributed by atoms with E-state index in [2.05, 4.69) is 0 Å². The Morgan fingerprint density at radius 1 is 1.39 bits per heavy atom. The zero-order chi connectivity index (χ0) is 16.2. The summed E-state index contributed by atoms with van der Waals surface area (Å²) in [5.41, 5.74) is 1.73. The molecule has 2 aromatic rings. The number of ether oxygens (including phenoxy) is 1. The molecule has 1 heterocycles. The van der Waals surface area contributed by atoms with Crippen LogP contribution in [-0.2, 0) is 11.3 Å². The van der Waals surface area contributed by atoms with Crippen LogP contribution in [0.5, 0.6) is 0 Å². The van der Waals surface area contributed by atoms with Gasteiger partial charge < -0.3 is 19.3 Å². The van der Waals surface area contributed by atoms with Gasteiger partial charge in [0, 0.05) is 37.1 Å². The number of rotatable bonds is 7. The molecular formula is C18H24N2O3. The van der Waals surface area contributed by atoms with Gasteiger partial charge in [0.15, 0.2) is 0 Å². The van der Waals surface area contributed by atoms with E-state index in [0.717, 1.165) is 30.2 Å². The number of para-hydroxylation sites is 1. The third kappa shape index (κ3) is 3.12. The van der Waals surface area contributed by atoms with E-state index in [1.165, 1.54) is 0 Å². The lowest BCUT2D eigenvalue weighted by molar-refractivity contribution is 0.0514. The van der Waals surface area contributed by atoms with Crippen LogP contribution in [-0.4, -0.2) is 53.4 Å². The van der Waals surface area contributed by atoms with Crippen molar-refractivity contribution < 1.29 is 14.6 Å². The molecular weight excluding hydrogens is 292 g/mol. The normalized spacial score (nSPS) is 14.9. The zero-order valence-corrected chi connectivity index (χ0v) is 13.6. The maximum atomic E-state index is 13.1. The fourth-order valence-electron chi connectivity index (χ4n) is 3.21. The van der Waals surface area contributed by atoms with E-state index in [1.807, 2.05) is 39.8 Å². The Balaban J connectivity index is 1.97. The second-order valence-electron chi connectivity index (χ2n) is 6.04. The number of aromatic nitrogens is 1. The van der Waals surface area contributed by atoms with Crippen LogP contribution in [0.1, 0.15) is 29.8 Å². The first-order valence-corrected chi connectivity index (χ1v) is 8.25. The van der Waals surface area contributed by atoms with Crippen molar-refractivity contribution in [3.8, 4) is 0 Å². The van der Waals surface area contributed by atoms with Gasteiger partial charge in [-0.15, -0.1) is 0 Å². The van der Waals surface area contributed by atoms with Crippen molar-refractivity contribution in [1.82, 2.24) is 9.47 Å². The van der Waals surface area contributed by atoms with Crippen LogP contribution in [0.3, 0.4) is 0 Å². The van der Waals surface area contributed by atoms with Crippen LogP contribution in [0, 0.1) is 0 Å². The van der Waals surface area contributed by atoms with Gasteiger partial charge in [0.05, 0.1) is 13.2 Å². The predicted molar refractivity (Wildman–Crippen MR) is 89.6 cm³/mol. The quantitative estimate of drug-likeness (QED) is 0.852. The number of aliphatic hydroxyl groups is 1. The number of carbonyl (C=O) groups is 1. The van der Waals surface area contributed by atoms with Gasteiger partial charge in [0.1, 0.15) is 5.69 Å². The van der Waals surface area contributed by atoms with Gasteiger partial charge in [-0.25, -0.2) is 0 Å². The molecule has 0 atom stereocenters. The van der Waals surface area contributed by atoms with Crippen LogP contribution in [0.25, 0.3) is 10.9 Å². The van der Waals surface area contributed by atoms with Crippen molar-refractivity contribution in [2.24, 2.45) is 0 Å². The first-order valence-electron chi connectivity index (χ1n) is 8.25. The predicted octanol–water partition coefficient (Wildman–Crippen LogP) is 2.27. The Bertz CT molecular complexity index is 676. The summed E-state index contributed by atoms with van der Waals surface area (Å²) in [5.74, 6) is 0.0102. The number of hydrogen-bond donors (Lipinski definition) is 1. The molecule has 1 N–H and O–H groups in total. The number of nitrogens with zero attached hydrogens (tertiary/aromatic N) is 2. The van der Waals surface area contributed by atoms with Gasteiger partial charge in [-0.3, -0.25) is 4.79 Å². The molecule has 1 saturated carbocycles. The number of carbonyl (C=O) groups excluding carboxylic acids is 1. The van der Waals surface area contributed by atoms with Crippen LogP contribution in [0.4, 0.5) is 0 Å². The molecule has 5 nitrogen and oxygen atoms in total. The first-order chi connectivity index (χ1) is 11.3. The van der Waals surface area contributed by atoms with Gasteiger partial charge in [-0.05, 0) is 31.4 Å². The molecule has 0 unspecified atom stereocenters. The van der Waals surface area contributed by atoms with E-state index < -0.39 is 0 Å². The summed E-state index contributed by atoms with van der Waals surface area (Å²) in [5, 5.41) is 10.4. The molecule has 124 valence electrons. The number of hydrogen-bond acceptors (Lipinski definition) is 3. The molecule has 1 aliphatic carbocycles.